The zero-order chi connectivity index (χ0) is 11.0. The minimum absolute atomic E-state index is 0.662. The lowest BCUT2D eigenvalue weighted by Crippen LogP contribution is -1.91. The molecule has 0 unspecified atom stereocenters. The largest absolute Gasteiger partial charge is 0.466 e. The lowest BCUT2D eigenvalue weighted by atomic mass is 10.3. The second-order valence-electron chi connectivity index (χ2n) is 2.14. The first kappa shape index (κ1) is 12.8. The molecule has 78 valence electrons. The number of nitrogens with one attached hydrogen (secondary N) is 1. The highest BCUT2D eigenvalue weighted by Gasteiger charge is 2.00. The van der Waals surface area contributed by atoms with E-state index in [9.17, 15) is 4.79 Å². The van der Waals surface area contributed by atoms with Gasteiger partial charge in [0.05, 0.1) is 0 Å². The van der Waals surface area contributed by atoms with E-state index in [2.05, 4.69) is 5.32 Å². The summed E-state index contributed by atoms with van der Waals surface area (Å²) >= 11 is 0. The molecule has 0 aliphatic carbocycles. The first-order chi connectivity index (χ1) is 6.43. The van der Waals surface area contributed by atoms with Crippen LogP contribution in [0.5, 0.6) is 0 Å². The molecule has 7 heteroatoms. The van der Waals surface area contributed by atoms with Crippen molar-refractivity contribution in [1.29, 1.82) is 0 Å². The van der Waals surface area contributed by atoms with Crippen molar-refractivity contribution in [3.05, 3.63) is 30.3 Å². The maximum absolute atomic E-state index is 9.86. The van der Waals surface area contributed by atoms with Crippen LogP contribution in [-0.4, -0.2) is 21.1 Å². The maximum Gasteiger partial charge on any atom is 0.466 e. The van der Waals surface area contributed by atoms with Gasteiger partial charge < -0.3 is 20.0 Å². The molecular formula is C7H10NO5P. The summed E-state index contributed by atoms with van der Waals surface area (Å²) in [5.41, 5.74) is 0.826. The van der Waals surface area contributed by atoms with Gasteiger partial charge in [0, 0.05) is 5.69 Å². The van der Waals surface area contributed by atoms with E-state index in [-0.39, 0.29) is 0 Å². The van der Waals surface area contributed by atoms with E-state index in [4.69, 9.17) is 19.2 Å². The van der Waals surface area contributed by atoms with Crippen LogP contribution in [0.3, 0.4) is 0 Å². The number of para-hydroxylation sites is 1. The van der Waals surface area contributed by atoms with Gasteiger partial charge in [-0.2, -0.15) is 0 Å². The number of anilines is 1. The number of carbonyl (C=O) groups excluding carboxylic acids is 1. The summed E-state index contributed by atoms with van der Waals surface area (Å²) in [5, 5.41) is 2.53. The van der Waals surface area contributed by atoms with Crippen LogP contribution in [-0.2, 0) is 9.36 Å². The highest BCUT2D eigenvalue weighted by Crippen LogP contribution is 2.25. The molecule has 0 aliphatic rings. The minimum atomic E-state index is -4.64. The summed E-state index contributed by atoms with van der Waals surface area (Å²) in [4.78, 5) is 31.4. The Morgan fingerprint density at radius 2 is 1.57 bits per heavy atom. The Kier molecular flexibility index (Phi) is 5.74. The third-order valence-corrected chi connectivity index (χ3v) is 0.999. The number of phosphoric acid groups is 1. The SMILES string of the molecule is O=CNc1ccccc1.O=P(O)(O)O. The summed E-state index contributed by atoms with van der Waals surface area (Å²) in [6, 6.07) is 9.29. The molecule has 1 aromatic rings. The maximum atomic E-state index is 9.86. The number of carbonyl (C=O) groups is 1. The Bertz CT molecular complexity index is 301. The van der Waals surface area contributed by atoms with Crippen molar-refractivity contribution in [1.82, 2.24) is 0 Å². The quantitative estimate of drug-likeness (QED) is 0.423. The first-order valence-corrected chi connectivity index (χ1v) is 5.03. The van der Waals surface area contributed by atoms with Gasteiger partial charge in [0.2, 0.25) is 6.41 Å². The van der Waals surface area contributed by atoms with Gasteiger partial charge in [-0.25, -0.2) is 4.57 Å². The molecule has 0 saturated heterocycles. The second kappa shape index (κ2) is 6.28. The molecule has 1 aromatic carbocycles. The van der Waals surface area contributed by atoms with E-state index >= 15 is 0 Å². The van der Waals surface area contributed by atoms with Gasteiger partial charge in [-0.05, 0) is 12.1 Å². The highest BCUT2D eigenvalue weighted by atomic mass is 31.2. The smallest absolute Gasteiger partial charge is 0.329 e. The van der Waals surface area contributed by atoms with E-state index in [1.165, 1.54) is 0 Å². The van der Waals surface area contributed by atoms with Crippen LogP contribution >= 0.6 is 7.82 Å². The zero-order valence-corrected chi connectivity index (χ0v) is 7.96. The lowest BCUT2D eigenvalue weighted by Gasteiger charge is -1.93. The molecule has 4 N–H and O–H groups in total. The van der Waals surface area contributed by atoms with E-state index in [0.29, 0.717) is 6.41 Å². The molecule has 0 aliphatic heterocycles. The average molecular weight is 219 g/mol. The van der Waals surface area contributed by atoms with Crippen LogP contribution in [0.25, 0.3) is 0 Å². The third kappa shape index (κ3) is 10.8. The van der Waals surface area contributed by atoms with E-state index in [0.717, 1.165) is 5.69 Å². The van der Waals surface area contributed by atoms with Crippen LogP contribution in [0.1, 0.15) is 0 Å². The average Bonchev–Trinajstić information content (AvgIpc) is 2.03. The molecule has 0 aromatic heterocycles. The molecule has 1 rings (SSSR count). The molecule has 14 heavy (non-hydrogen) atoms. The summed E-state index contributed by atoms with van der Waals surface area (Å²) in [6.45, 7) is 0. The number of hydrogen-bond donors (Lipinski definition) is 4. The fourth-order valence-electron chi connectivity index (χ4n) is 0.602. The highest BCUT2D eigenvalue weighted by molar-refractivity contribution is 7.45. The van der Waals surface area contributed by atoms with E-state index in [1.54, 1.807) is 0 Å². The van der Waals surface area contributed by atoms with Crippen LogP contribution in [0, 0.1) is 0 Å². The fourth-order valence-corrected chi connectivity index (χ4v) is 0.602. The fraction of sp³-hybridized carbons (Fsp3) is 0. The van der Waals surface area contributed by atoms with Crippen molar-refractivity contribution in [3.8, 4) is 0 Å². The topological polar surface area (TPSA) is 107 Å². The van der Waals surface area contributed by atoms with Gasteiger partial charge in [-0.3, -0.25) is 4.79 Å². The molecule has 0 heterocycles. The van der Waals surface area contributed by atoms with Crippen molar-refractivity contribution in [3.63, 3.8) is 0 Å². The summed E-state index contributed by atoms with van der Waals surface area (Å²) in [6.07, 6.45) is 0.662. The van der Waals surface area contributed by atoms with Crippen LogP contribution in [0.15, 0.2) is 30.3 Å². The van der Waals surface area contributed by atoms with Crippen LogP contribution < -0.4 is 5.32 Å². The summed E-state index contributed by atoms with van der Waals surface area (Å²) in [5.74, 6) is 0. The molecule has 6 nitrogen and oxygen atoms in total. The number of amides is 1. The Balaban J connectivity index is 0.000000292. The van der Waals surface area contributed by atoms with Crippen molar-refractivity contribution in [2.75, 3.05) is 5.32 Å². The number of benzene rings is 1. The Morgan fingerprint density at radius 3 is 1.93 bits per heavy atom. The van der Waals surface area contributed by atoms with E-state index in [1.807, 2.05) is 30.3 Å². The molecule has 0 atom stereocenters. The van der Waals surface area contributed by atoms with Crippen molar-refractivity contribution in [2.24, 2.45) is 0 Å². The Morgan fingerprint density at radius 1 is 1.14 bits per heavy atom. The second-order valence-corrected chi connectivity index (χ2v) is 3.17. The molecule has 0 radical (unpaired) electrons. The van der Waals surface area contributed by atoms with Gasteiger partial charge in [0.1, 0.15) is 0 Å². The van der Waals surface area contributed by atoms with Gasteiger partial charge in [-0.1, -0.05) is 18.2 Å². The lowest BCUT2D eigenvalue weighted by molar-refractivity contribution is -0.105. The van der Waals surface area contributed by atoms with Gasteiger partial charge in [-0.15, -0.1) is 0 Å². The molecule has 0 spiro atoms. The molecule has 1 amide bonds. The third-order valence-electron chi connectivity index (χ3n) is 0.999. The van der Waals surface area contributed by atoms with Crippen LogP contribution in [0.2, 0.25) is 0 Å². The number of hydrogen-bond acceptors (Lipinski definition) is 2. The Hall–Kier alpha value is -1.20. The molecular weight excluding hydrogens is 209 g/mol. The first-order valence-electron chi connectivity index (χ1n) is 3.47. The molecule has 0 bridgehead atoms. The zero-order valence-electron chi connectivity index (χ0n) is 7.07. The van der Waals surface area contributed by atoms with Crippen LogP contribution in [0.4, 0.5) is 5.69 Å². The summed E-state index contributed by atoms with van der Waals surface area (Å²) < 4.78 is 8.88. The predicted molar refractivity (Wildman–Crippen MR) is 50.4 cm³/mol. The normalized spacial score (nSPS) is 9.64. The van der Waals surface area contributed by atoms with Crippen molar-refractivity contribution < 1.29 is 24.0 Å². The van der Waals surface area contributed by atoms with Crippen molar-refractivity contribution in [2.45, 2.75) is 0 Å². The number of rotatable bonds is 2. The molecule has 0 fully saturated rings. The van der Waals surface area contributed by atoms with E-state index < -0.39 is 7.82 Å². The standard InChI is InChI=1S/C7H7NO.H3O4P/c9-6-8-7-4-2-1-3-5-7;1-5(2,3)4/h1-6H,(H,8,9);(H3,1,2,3,4). The van der Waals surface area contributed by atoms with Crippen molar-refractivity contribution >= 4 is 19.9 Å². The van der Waals surface area contributed by atoms with Gasteiger partial charge in [0.15, 0.2) is 0 Å². The van der Waals surface area contributed by atoms with Gasteiger partial charge in [0.25, 0.3) is 0 Å². The monoisotopic (exact) mass is 219 g/mol. The predicted octanol–water partition coefficient (Wildman–Crippen LogP) is 0.326. The Labute approximate surface area is 80.4 Å². The molecule has 0 saturated carbocycles. The van der Waals surface area contributed by atoms with Gasteiger partial charge >= 0.3 is 7.82 Å². The summed E-state index contributed by atoms with van der Waals surface area (Å²) in [7, 11) is -4.64. The minimum Gasteiger partial charge on any atom is -0.329 e.